The number of halogens is 2. The van der Waals surface area contributed by atoms with Crippen LogP contribution >= 0.6 is 0 Å². The Kier molecular flexibility index (Phi) is 5.88. The average molecular weight is 271 g/mol. The largest absolute Gasteiger partial charge is 0.379 e. The van der Waals surface area contributed by atoms with E-state index in [1.54, 1.807) is 7.11 Å². The van der Waals surface area contributed by atoms with E-state index in [9.17, 15) is 8.78 Å². The Morgan fingerprint density at radius 2 is 1.84 bits per heavy atom. The molecule has 0 spiro atoms. The molecule has 1 aromatic carbocycles. The van der Waals surface area contributed by atoms with Gasteiger partial charge >= 0.3 is 0 Å². The lowest BCUT2D eigenvalue weighted by Gasteiger charge is -2.24. The third kappa shape index (κ3) is 5.25. The molecule has 1 aromatic rings. The summed E-state index contributed by atoms with van der Waals surface area (Å²) in [4.78, 5) is 0. The summed E-state index contributed by atoms with van der Waals surface area (Å²) in [6.07, 6.45) is 1.18. The number of benzene rings is 1. The van der Waals surface area contributed by atoms with Crippen molar-refractivity contribution in [1.82, 2.24) is 5.32 Å². The van der Waals surface area contributed by atoms with Crippen molar-refractivity contribution in [2.24, 2.45) is 0 Å². The summed E-state index contributed by atoms with van der Waals surface area (Å²) >= 11 is 0. The van der Waals surface area contributed by atoms with Crippen LogP contribution in [0.15, 0.2) is 18.2 Å². The summed E-state index contributed by atoms with van der Waals surface area (Å²) in [7, 11) is 1.68. The van der Waals surface area contributed by atoms with Gasteiger partial charge < -0.3 is 10.1 Å². The van der Waals surface area contributed by atoms with Gasteiger partial charge in [-0.15, -0.1) is 0 Å². The van der Waals surface area contributed by atoms with Gasteiger partial charge in [0.15, 0.2) is 0 Å². The summed E-state index contributed by atoms with van der Waals surface area (Å²) in [6.45, 7) is 6.69. The van der Waals surface area contributed by atoms with Crippen molar-refractivity contribution in [3.63, 3.8) is 0 Å². The maximum Gasteiger partial charge on any atom is 0.129 e. The third-order valence-electron chi connectivity index (χ3n) is 3.34. The Balaban J connectivity index is 2.46. The smallest absolute Gasteiger partial charge is 0.129 e. The first kappa shape index (κ1) is 16.1. The van der Waals surface area contributed by atoms with E-state index in [-0.39, 0.29) is 17.2 Å². The van der Waals surface area contributed by atoms with Gasteiger partial charge in [-0.1, -0.05) is 6.07 Å². The normalized spacial score (nSPS) is 13.6. The predicted octanol–water partition coefficient (Wildman–Crippen LogP) is 3.30. The second-order valence-electron chi connectivity index (χ2n) is 5.47. The maximum atomic E-state index is 13.5. The van der Waals surface area contributed by atoms with Gasteiger partial charge in [0, 0.05) is 18.7 Å². The topological polar surface area (TPSA) is 21.3 Å². The zero-order valence-electron chi connectivity index (χ0n) is 12.1. The van der Waals surface area contributed by atoms with E-state index in [1.165, 1.54) is 18.2 Å². The molecule has 19 heavy (non-hydrogen) atoms. The zero-order chi connectivity index (χ0) is 14.5. The van der Waals surface area contributed by atoms with Crippen molar-refractivity contribution in [3.8, 4) is 0 Å². The first-order valence-electron chi connectivity index (χ1n) is 6.57. The summed E-state index contributed by atoms with van der Waals surface area (Å²) in [5, 5.41) is 3.26. The van der Waals surface area contributed by atoms with Crippen LogP contribution in [0.25, 0.3) is 0 Å². The quantitative estimate of drug-likeness (QED) is 0.821. The minimum atomic E-state index is -0.481. The first-order valence-corrected chi connectivity index (χ1v) is 6.57. The molecule has 0 aliphatic carbocycles. The van der Waals surface area contributed by atoms with E-state index in [1.807, 2.05) is 20.8 Å². The van der Waals surface area contributed by atoms with Crippen molar-refractivity contribution in [3.05, 3.63) is 35.4 Å². The molecule has 0 saturated carbocycles. The second-order valence-corrected chi connectivity index (χ2v) is 5.47. The lowest BCUT2D eigenvalue weighted by molar-refractivity contribution is 0.0154. The fraction of sp³-hybridized carbons (Fsp3) is 0.600. The minimum absolute atomic E-state index is 0.0130. The van der Waals surface area contributed by atoms with Crippen molar-refractivity contribution in [2.75, 3.05) is 13.7 Å². The van der Waals surface area contributed by atoms with E-state index in [0.29, 0.717) is 6.42 Å². The van der Waals surface area contributed by atoms with Gasteiger partial charge in [0.25, 0.3) is 0 Å². The van der Waals surface area contributed by atoms with E-state index in [2.05, 4.69) is 5.32 Å². The number of ether oxygens (including phenoxy) is 1. The summed E-state index contributed by atoms with van der Waals surface area (Å²) in [5.74, 6) is -0.961. The number of hydrogen-bond donors (Lipinski definition) is 1. The van der Waals surface area contributed by atoms with Crippen LogP contribution in [-0.4, -0.2) is 25.3 Å². The molecule has 1 atom stereocenters. The molecule has 0 aliphatic heterocycles. The molecular weight excluding hydrogens is 248 g/mol. The fourth-order valence-corrected chi connectivity index (χ4v) is 1.83. The standard InChI is InChI=1S/C15H23F2NO/c1-11(18-9-8-15(2,3)19-4)10-12-13(16)6-5-7-14(12)17/h5-7,11,18H,8-10H2,1-4H3. The molecule has 0 saturated heterocycles. The Hall–Kier alpha value is -1.00. The number of rotatable bonds is 7. The zero-order valence-corrected chi connectivity index (χ0v) is 12.1. The molecule has 2 nitrogen and oxygen atoms in total. The van der Waals surface area contributed by atoms with Crippen LogP contribution in [0.5, 0.6) is 0 Å². The van der Waals surface area contributed by atoms with Crippen molar-refractivity contribution >= 4 is 0 Å². The molecule has 0 bridgehead atoms. The van der Waals surface area contributed by atoms with Gasteiger partial charge in [-0.25, -0.2) is 8.78 Å². The van der Waals surface area contributed by atoms with E-state index in [4.69, 9.17) is 4.74 Å². The van der Waals surface area contributed by atoms with Crippen LogP contribution in [0, 0.1) is 11.6 Å². The third-order valence-corrected chi connectivity index (χ3v) is 3.34. The molecule has 0 heterocycles. The van der Waals surface area contributed by atoms with Crippen LogP contribution in [0.3, 0.4) is 0 Å². The van der Waals surface area contributed by atoms with Crippen LogP contribution in [0.1, 0.15) is 32.8 Å². The van der Waals surface area contributed by atoms with Crippen molar-refractivity contribution < 1.29 is 13.5 Å². The number of hydrogen-bond acceptors (Lipinski definition) is 2. The van der Waals surface area contributed by atoms with Gasteiger partial charge in [-0.2, -0.15) is 0 Å². The molecule has 0 fully saturated rings. The SMILES string of the molecule is COC(C)(C)CCNC(C)Cc1c(F)cccc1F. The first-order chi connectivity index (χ1) is 8.85. The Bertz CT molecular complexity index is 387. The molecule has 0 aliphatic rings. The number of nitrogens with one attached hydrogen (secondary N) is 1. The molecule has 0 amide bonds. The molecule has 1 N–H and O–H groups in total. The lowest BCUT2D eigenvalue weighted by Crippen LogP contribution is -2.34. The molecule has 1 unspecified atom stereocenters. The van der Waals surface area contributed by atoms with Crippen LogP contribution < -0.4 is 5.32 Å². The van der Waals surface area contributed by atoms with Gasteiger partial charge in [-0.05, 0) is 52.3 Å². The molecule has 0 aromatic heterocycles. The highest BCUT2D eigenvalue weighted by molar-refractivity contribution is 5.20. The molecule has 0 radical (unpaired) electrons. The number of methoxy groups -OCH3 is 1. The lowest BCUT2D eigenvalue weighted by atomic mass is 10.0. The highest BCUT2D eigenvalue weighted by Gasteiger charge is 2.17. The Labute approximate surface area is 114 Å². The summed E-state index contributed by atoms with van der Waals surface area (Å²) in [6, 6.07) is 3.98. The van der Waals surface area contributed by atoms with Crippen LogP contribution in [-0.2, 0) is 11.2 Å². The van der Waals surface area contributed by atoms with Crippen molar-refractivity contribution in [2.45, 2.75) is 45.3 Å². The van der Waals surface area contributed by atoms with E-state index < -0.39 is 11.6 Å². The van der Waals surface area contributed by atoms with Gasteiger partial charge in [-0.3, -0.25) is 0 Å². The van der Waals surface area contributed by atoms with Crippen LogP contribution in [0.2, 0.25) is 0 Å². The Morgan fingerprint density at radius 3 is 2.37 bits per heavy atom. The van der Waals surface area contributed by atoms with Gasteiger partial charge in [0.1, 0.15) is 11.6 Å². The van der Waals surface area contributed by atoms with Crippen LogP contribution in [0.4, 0.5) is 8.78 Å². The summed E-state index contributed by atoms with van der Waals surface area (Å²) < 4.78 is 32.3. The molecule has 4 heteroatoms. The molecular formula is C15H23F2NO. The van der Waals surface area contributed by atoms with E-state index in [0.717, 1.165) is 13.0 Å². The highest BCUT2D eigenvalue weighted by Crippen LogP contribution is 2.15. The highest BCUT2D eigenvalue weighted by atomic mass is 19.1. The van der Waals surface area contributed by atoms with E-state index >= 15 is 0 Å². The Morgan fingerprint density at radius 1 is 1.26 bits per heavy atom. The minimum Gasteiger partial charge on any atom is -0.379 e. The second kappa shape index (κ2) is 6.96. The van der Waals surface area contributed by atoms with Gasteiger partial charge in [0.05, 0.1) is 5.60 Å². The van der Waals surface area contributed by atoms with Gasteiger partial charge in [0.2, 0.25) is 0 Å². The monoisotopic (exact) mass is 271 g/mol. The molecule has 108 valence electrons. The fourth-order valence-electron chi connectivity index (χ4n) is 1.83. The molecule has 1 rings (SSSR count). The van der Waals surface area contributed by atoms with Crippen molar-refractivity contribution in [1.29, 1.82) is 0 Å². The maximum absolute atomic E-state index is 13.5. The summed E-state index contributed by atoms with van der Waals surface area (Å²) in [5.41, 5.74) is -0.0378. The average Bonchev–Trinajstić information content (AvgIpc) is 2.34. The predicted molar refractivity (Wildman–Crippen MR) is 73.2 cm³/mol.